The van der Waals surface area contributed by atoms with E-state index in [1.807, 2.05) is 66.7 Å². The lowest BCUT2D eigenvalue weighted by Crippen LogP contribution is -2.15. The molecule has 0 unspecified atom stereocenters. The van der Waals surface area contributed by atoms with Gasteiger partial charge in [-0.15, -0.1) is 5.10 Å². The van der Waals surface area contributed by atoms with E-state index in [1.165, 1.54) is 0 Å². The first kappa shape index (κ1) is 20.9. The Balaban J connectivity index is 1.41. The van der Waals surface area contributed by atoms with Gasteiger partial charge in [0.1, 0.15) is 17.8 Å². The normalized spacial score (nSPS) is 14.4. The zero-order valence-corrected chi connectivity index (χ0v) is 20.1. The predicted octanol–water partition coefficient (Wildman–Crippen LogP) is 7.09. The van der Waals surface area contributed by atoms with E-state index in [1.54, 1.807) is 10.8 Å². The Labute approximate surface area is 217 Å². The molecule has 1 N–H and O–H groups in total. The second-order valence-corrected chi connectivity index (χ2v) is 9.49. The topological polar surface area (TPSA) is 72.5 Å². The maximum Gasteiger partial charge on any atom is 0.228 e. The van der Waals surface area contributed by atoms with Crippen LogP contribution in [0, 0.1) is 0 Å². The molecule has 5 aromatic carbocycles. The fourth-order valence-corrected chi connectivity index (χ4v) is 5.63. The van der Waals surface area contributed by atoms with Crippen LogP contribution in [0.25, 0.3) is 38.6 Å². The smallest absolute Gasteiger partial charge is 0.228 e. The Morgan fingerprint density at radius 3 is 2.26 bits per heavy atom. The molecule has 0 saturated carbocycles. The minimum absolute atomic E-state index is 0.160. The van der Waals surface area contributed by atoms with Crippen LogP contribution < -0.4 is 4.74 Å². The fourth-order valence-electron chi connectivity index (χ4n) is 5.63. The summed E-state index contributed by atoms with van der Waals surface area (Å²) < 4.78 is 8.08. The van der Waals surface area contributed by atoms with Crippen molar-refractivity contribution in [1.29, 1.82) is 0 Å². The van der Waals surface area contributed by atoms with Crippen molar-refractivity contribution in [3.05, 3.63) is 126 Å². The molecule has 1 aliphatic heterocycles. The number of hydrogen-bond donors (Lipinski definition) is 1. The van der Waals surface area contributed by atoms with Crippen LogP contribution in [-0.4, -0.2) is 24.7 Å². The number of phenolic OH excluding ortho intramolecular Hbond substituents is 1. The molecule has 0 fully saturated rings. The van der Waals surface area contributed by atoms with Gasteiger partial charge >= 0.3 is 0 Å². The Kier molecular flexibility index (Phi) is 4.34. The van der Waals surface area contributed by atoms with Crippen molar-refractivity contribution in [2.75, 3.05) is 0 Å². The average molecular weight is 493 g/mol. The van der Waals surface area contributed by atoms with Crippen LogP contribution >= 0.6 is 0 Å². The SMILES string of the molecule is Oc1c(-c2nc3c4c(ncn3n2)Oc2ccc3ccccc3c2[C@H]4c2ccccc2)ccc2ccccc12. The Hall–Kier alpha value is -5.23. The van der Waals surface area contributed by atoms with Crippen molar-refractivity contribution in [3.8, 4) is 28.8 Å². The van der Waals surface area contributed by atoms with Crippen molar-refractivity contribution in [3.63, 3.8) is 0 Å². The number of ether oxygens (including phenoxy) is 1. The number of hydrogen-bond acceptors (Lipinski definition) is 5. The van der Waals surface area contributed by atoms with Gasteiger partial charge in [0.25, 0.3) is 0 Å². The maximum absolute atomic E-state index is 11.1. The monoisotopic (exact) mass is 492 g/mol. The minimum atomic E-state index is -0.167. The van der Waals surface area contributed by atoms with Gasteiger partial charge in [-0.2, -0.15) is 0 Å². The van der Waals surface area contributed by atoms with Crippen molar-refractivity contribution >= 4 is 27.2 Å². The van der Waals surface area contributed by atoms with E-state index in [2.05, 4.69) is 41.4 Å². The summed E-state index contributed by atoms with van der Waals surface area (Å²) in [6.07, 6.45) is 1.62. The van der Waals surface area contributed by atoms with Crippen LogP contribution in [0.5, 0.6) is 17.4 Å². The number of phenols is 1. The molecule has 0 bridgehead atoms. The van der Waals surface area contributed by atoms with E-state index in [0.717, 1.165) is 44.0 Å². The highest BCUT2D eigenvalue weighted by Gasteiger charge is 2.34. The summed E-state index contributed by atoms with van der Waals surface area (Å²) in [7, 11) is 0. The molecular weight excluding hydrogens is 472 g/mol. The van der Waals surface area contributed by atoms with Crippen molar-refractivity contribution in [2.24, 2.45) is 0 Å². The van der Waals surface area contributed by atoms with E-state index < -0.39 is 0 Å². The molecule has 180 valence electrons. The summed E-state index contributed by atoms with van der Waals surface area (Å²) in [5.74, 6) is 1.72. The molecule has 0 amide bonds. The highest BCUT2D eigenvalue weighted by molar-refractivity contribution is 5.94. The molecule has 0 saturated heterocycles. The molecule has 0 spiro atoms. The largest absolute Gasteiger partial charge is 0.507 e. The molecule has 1 atom stereocenters. The molecule has 0 aliphatic carbocycles. The van der Waals surface area contributed by atoms with Gasteiger partial charge < -0.3 is 9.84 Å². The summed E-state index contributed by atoms with van der Waals surface area (Å²) in [4.78, 5) is 9.62. The molecule has 7 aromatic rings. The Bertz CT molecular complexity index is 2030. The summed E-state index contributed by atoms with van der Waals surface area (Å²) >= 11 is 0. The third kappa shape index (κ3) is 2.97. The first-order valence-electron chi connectivity index (χ1n) is 12.5. The molecule has 38 heavy (non-hydrogen) atoms. The summed E-state index contributed by atoms with van der Waals surface area (Å²) in [6.45, 7) is 0. The zero-order chi connectivity index (χ0) is 25.2. The van der Waals surface area contributed by atoms with Gasteiger partial charge in [-0.25, -0.2) is 14.5 Å². The summed E-state index contributed by atoms with van der Waals surface area (Å²) in [6, 6.07) is 34.4. The molecule has 3 heterocycles. The van der Waals surface area contributed by atoms with Crippen LogP contribution in [-0.2, 0) is 0 Å². The van der Waals surface area contributed by atoms with Gasteiger partial charge in [-0.1, -0.05) is 91.0 Å². The highest BCUT2D eigenvalue weighted by Crippen LogP contribution is 2.50. The summed E-state index contributed by atoms with van der Waals surface area (Å²) in [5.41, 5.74) is 4.25. The van der Waals surface area contributed by atoms with Gasteiger partial charge in [-0.3, -0.25) is 0 Å². The standard InChI is InChI=1S/C32H20N4O2/c37-29-23-13-7-5-9-20(23)14-16-24(29)30-34-31-28-26(21-10-2-1-3-11-21)27-22-12-6-4-8-19(22)15-17-25(27)38-32(28)33-18-36(31)35-30/h1-18,26,37H/t26-/m1/s1. The average Bonchev–Trinajstić information content (AvgIpc) is 3.41. The third-order valence-corrected chi connectivity index (χ3v) is 7.38. The van der Waals surface area contributed by atoms with Crippen LogP contribution in [0.15, 0.2) is 109 Å². The quantitative estimate of drug-likeness (QED) is 0.279. The van der Waals surface area contributed by atoms with Gasteiger partial charge in [0.15, 0.2) is 11.5 Å². The number of fused-ring (bicyclic) bond motifs is 7. The zero-order valence-electron chi connectivity index (χ0n) is 20.1. The predicted molar refractivity (Wildman–Crippen MR) is 147 cm³/mol. The third-order valence-electron chi connectivity index (χ3n) is 7.38. The summed E-state index contributed by atoms with van der Waals surface area (Å²) in [5, 5.41) is 19.8. The molecular formula is C32H20N4O2. The van der Waals surface area contributed by atoms with E-state index in [9.17, 15) is 5.11 Å². The Morgan fingerprint density at radius 1 is 0.711 bits per heavy atom. The first-order chi connectivity index (χ1) is 18.8. The van der Waals surface area contributed by atoms with Crippen LogP contribution in [0.2, 0.25) is 0 Å². The lowest BCUT2D eigenvalue weighted by Gasteiger charge is -2.29. The lowest BCUT2D eigenvalue weighted by atomic mass is 9.81. The first-order valence-corrected chi connectivity index (χ1v) is 12.5. The van der Waals surface area contributed by atoms with Crippen molar-refractivity contribution < 1.29 is 9.84 Å². The molecule has 6 heteroatoms. The van der Waals surface area contributed by atoms with Crippen LogP contribution in [0.4, 0.5) is 0 Å². The molecule has 0 radical (unpaired) electrons. The maximum atomic E-state index is 11.1. The van der Waals surface area contributed by atoms with Crippen molar-refractivity contribution in [2.45, 2.75) is 5.92 Å². The van der Waals surface area contributed by atoms with Crippen LogP contribution in [0.3, 0.4) is 0 Å². The number of aromatic hydroxyl groups is 1. The molecule has 2 aromatic heterocycles. The molecule has 1 aliphatic rings. The number of nitrogens with zero attached hydrogens (tertiary/aromatic N) is 4. The van der Waals surface area contributed by atoms with E-state index in [4.69, 9.17) is 14.8 Å². The highest BCUT2D eigenvalue weighted by atomic mass is 16.5. The van der Waals surface area contributed by atoms with Gasteiger partial charge in [0.2, 0.25) is 5.88 Å². The lowest BCUT2D eigenvalue weighted by molar-refractivity contribution is 0.433. The Morgan fingerprint density at radius 2 is 1.42 bits per heavy atom. The van der Waals surface area contributed by atoms with E-state index >= 15 is 0 Å². The van der Waals surface area contributed by atoms with Gasteiger partial charge in [-0.05, 0) is 33.9 Å². The van der Waals surface area contributed by atoms with E-state index in [-0.39, 0.29) is 11.7 Å². The molecule has 8 rings (SSSR count). The second-order valence-electron chi connectivity index (χ2n) is 9.49. The van der Waals surface area contributed by atoms with Gasteiger partial charge in [0.05, 0.1) is 11.1 Å². The van der Waals surface area contributed by atoms with Crippen LogP contribution in [0.1, 0.15) is 22.6 Å². The molecule has 6 nitrogen and oxygen atoms in total. The second kappa shape index (κ2) is 7.88. The minimum Gasteiger partial charge on any atom is -0.507 e. The number of aromatic nitrogens is 4. The van der Waals surface area contributed by atoms with Gasteiger partial charge in [0, 0.05) is 16.9 Å². The van der Waals surface area contributed by atoms with Crippen molar-refractivity contribution in [1.82, 2.24) is 19.6 Å². The fraction of sp³-hybridized carbons (Fsp3) is 0.0312. The number of rotatable bonds is 2. The van der Waals surface area contributed by atoms with E-state index in [0.29, 0.717) is 22.9 Å². The number of benzene rings is 5.